The van der Waals surface area contributed by atoms with Gasteiger partial charge in [-0.2, -0.15) is 0 Å². The number of alkyl halides is 1. The Morgan fingerprint density at radius 2 is 0.690 bits per heavy atom. The molecule has 0 saturated carbocycles. The van der Waals surface area contributed by atoms with Gasteiger partial charge in [-0.1, -0.05) is 128 Å². The smallest absolute Gasteiger partial charge is 0.154 e. The molecule has 0 aliphatic rings. The van der Waals surface area contributed by atoms with Gasteiger partial charge in [0, 0.05) is 0 Å². The van der Waals surface area contributed by atoms with Crippen molar-refractivity contribution in [3.8, 4) is 0 Å². The summed E-state index contributed by atoms with van der Waals surface area (Å²) in [6.45, 7) is 7.14. The lowest BCUT2D eigenvalue weighted by Gasteiger charge is -2.32. The Morgan fingerprint density at radius 1 is 0.448 bits per heavy atom. The lowest BCUT2D eigenvalue weighted by Crippen LogP contribution is -3.00. The Labute approximate surface area is 196 Å². The summed E-state index contributed by atoms with van der Waals surface area (Å²) in [6, 6.07) is 0.787. The Kier molecular flexibility index (Phi) is 27.1. The van der Waals surface area contributed by atoms with E-state index in [9.17, 15) is 0 Å². The monoisotopic (exact) mass is 451 g/mol. The van der Waals surface area contributed by atoms with Crippen LogP contribution in [0.25, 0.3) is 0 Å². The predicted molar refractivity (Wildman–Crippen MR) is 130 cm³/mol. The highest BCUT2D eigenvalue weighted by molar-refractivity contribution is 6.16. The van der Waals surface area contributed by atoms with E-state index >= 15 is 0 Å². The van der Waals surface area contributed by atoms with E-state index in [4.69, 9.17) is 11.6 Å². The fraction of sp³-hybridized carbons (Fsp3) is 1.00. The number of hydrogen-bond donors (Lipinski definition) is 0. The first-order valence-corrected chi connectivity index (χ1v) is 13.6. The Bertz CT molecular complexity index is 272. The standard InChI is InChI=1S/C26H55ClN.ClH/c1-4-6-8-10-12-14-16-18-20-22-24-28(3,26-27)25-23-21-19-17-15-13-11-9-7-5-2;/h4-26H2,1-3H3;1H/q+1;/p-1. The number of unbranched alkanes of at least 4 members (excludes halogenated alkanes) is 18. The topological polar surface area (TPSA) is 0 Å². The van der Waals surface area contributed by atoms with Gasteiger partial charge in [-0.15, -0.1) is 0 Å². The summed E-state index contributed by atoms with van der Waals surface area (Å²) < 4.78 is 1.08. The first-order chi connectivity index (χ1) is 13.7. The van der Waals surface area contributed by atoms with Gasteiger partial charge in [0.25, 0.3) is 0 Å². The molecule has 3 heteroatoms. The molecule has 178 valence electrons. The van der Waals surface area contributed by atoms with Crippen molar-refractivity contribution in [1.29, 1.82) is 0 Å². The van der Waals surface area contributed by atoms with Crippen LogP contribution in [-0.4, -0.2) is 30.6 Å². The number of quaternary nitrogens is 1. The fourth-order valence-corrected chi connectivity index (χ4v) is 4.43. The number of rotatable bonds is 23. The summed E-state index contributed by atoms with van der Waals surface area (Å²) in [5.74, 6) is 0. The van der Waals surface area contributed by atoms with Crippen molar-refractivity contribution in [2.24, 2.45) is 0 Å². The van der Waals surface area contributed by atoms with Crippen LogP contribution in [0.4, 0.5) is 0 Å². The van der Waals surface area contributed by atoms with Crippen LogP contribution in [0.3, 0.4) is 0 Å². The maximum absolute atomic E-state index is 6.33. The molecule has 0 aromatic heterocycles. The summed E-state index contributed by atoms with van der Waals surface area (Å²) >= 11 is 6.33. The molecule has 0 rings (SSSR count). The molecular formula is C26H55Cl2N. The molecule has 0 aromatic rings. The van der Waals surface area contributed by atoms with Gasteiger partial charge < -0.3 is 16.9 Å². The molecule has 1 nitrogen and oxygen atoms in total. The van der Waals surface area contributed by atoms with E-state index in [1.807, 2.05) is 0 Å². The summed E-state index contributed by atoms with van der Waals surface area (Å²) in [4.78, 5) is 0. The molecule has 29 heavy (non-hydrogen) atoms. The summed E-state index contributed by atoms with van der Waals surface area (Å²) in [5, 5.41) is 0. The molecule has 0 fully saturated rings. The molecule has 0 radical (unpaired) electrons. The molecule has 0 spiro atoms. The van der Waals surface area contributed by atoms with Gasteiger partial charge in [0.2, 0.25) is 0 Å². The average Bonchev–Trinajstić information content (AvgIpc) is 2.71. The summed E-state index contributed by atoms with van der Waals surface area (Å²) in [5.41, 5.74) is 0. The van der Waals surface area contributed by atoms with E-state index in [1.54, 1.807) is 0 Å². The molecule has 0 unspecified atom stereocenters. The zero-order valence-corrected chi connectivity index (χ0v) is 22.0. The van der Waals surface area contributed by atoms with Crippen molar-refractivity contribution >= 4 is 11.6 Å². The number of hydrogen-bond acceptors (Lipinski definition) is 0. The molecular weight excluding hydrogens is 397 g/mol. The molecule has 0 amide bonds. The van der Waals surface area contributed by atoms with E-state index in [-0.39, 0.29) is 12.4 Å². The Morgan fingerprint density at radius 3 is 0.931 bits per heavy atom. The molecule has 0 saturated heterocycles. The van der Waals surface area contributed by atoms with Crippen LogP contribution >= 0.6 is 11.6 Å². The van der Waals surface area contributed by atoms with Crippen LogP contribution in [0.15, 0.2) is 0 Å². The summed E-state index contributed by atoms with van der Waals surface area (Å²) in [7, 11) is 2.37. The highest BCUT2D eigenvalue weighted by Crippen LogP contribution is 2.16. The Hall–Kier alpha value is 0.540. The van der Waals surface area contributed by atoms with E-state index in [0.717, 1.165) is 10.5 Å². The maximum Gasteiger partial charge on any atom is 0.154 e. The van der Waals surface area contributed by atoms with E-state index in [2.05, 4.69) is 20.9 Å². The van der Waals surface area contributed by atoms with Gasteiger partial charge in [-0.25, -0.2) is 0 Å². The van der Waals surface area contributed by atoms with Crippen molar-refractivity contribution in [2.75, 3.05) is 26.1 Å². The molecule has 0 aliphatic heterocycles. The molecule has 0 aromatic carbocycles. The minimum Gasteiger partial charge on any atom is -1.00 e. The van der Waals surface area contributed by atoms with E-state index in [0.29, 0.717) is 0 Å². The zero-order chi connectivity index (χ0) is 20.8. The molecule has 0 aliphatic carbocycles. The maximum atomic E-state index is 6.33. The van der Waals surface area contributed by atoms with Crippen LogP contribution in [0, 0.1) is 0 Å². The largest absolute Gasteiger partial charge is 1.00 e. The minimum atomic E-state index is 0. The lowest BCUT2D eigenvalue weighted by atomic mass is 10.1. The van der Waals surface area contributed by atoms with Crippen molar-refractivity contribution in [3.05, 3.63) is 0 Å². The molecule has 0 atom stereocenters. The highest BCUT2D eigenvalue weighted by Gasteiger charge is 2.18. The van der Waals surface area contributed by atoms with Gasteiger partial charge in [-0.3, -0.25) is 0 Å². The first kappa shape index (κ1) is 31.7. The zero-order valence-electron chi connectivity index (χ0n) is 20.5. The molecule has 0 bridgehead atoms. The van der Waals surface area contributed by atoms with Crippen LogP contribution in [-0.2, 0) is 0 Å². The Balaban J connectivity index is 0. The van der Waals surface area contributed by atoms with Crippen molar-refractivity contribution in [2.45, 2.75) is 142 Å². The predicted octanol–water partition coefficient (Wildman–Crippen LogP) is 6.48. The quantitative estimate of drug-likeness (QED) is 0.0721. The van der Waals surface area contributed by atoms with Gasteiger partial charge in [0.15, 0.2) is 6.00 Å². The second-order valence-electron chi connectivity index (χ2n) is 9.55. The van der Waals surface area contributed by atoms with Crippen LogP contribution in [0.5, 0.6) is 0 Å². The van der Waals surface area contributed by atoms with Gasteiger partial charge in [-0.05, 0) is 25.7 Å². The molecule has 0 heterocycles. The fourth-order valence-electron chi connectivity index (χ4n) is 4.19. The third-order valence-electron chi connectivity index (χ3n) is 6.39. The van der Waals surface area contributed by atoms with E-state index < -0.39 is 0 Å². The normalized spacial score (nSPS) is 11.6. The van der Waals surface area contributed by atoms with Gasteiger partial charge in [0.1, 0.15) is 0 Å². The summed E-state index contributed by atoms with van der Waals surface area (Å²) in [6.07, 6.45) is 28.4. The van der Waals surface area contributed by atoms with Gasteiger partial charge in [0.05, 0.1) is 20.1 Å². The third-order valence-corrected chi connectivity index (χ3v) is 6.97. The van der Waals surface area contributed by atoms with Crippen molar-refractivity contribution < 1.29 is 16.9 Å². The van der Waals surface area contributed by atoms with Crippen LogP contribution < -0.4 is 12.4 Å². The van der Waals surface area contributed by atoms with Crippen LogP contribution in [0.2, 0.25) is 0 Å². The minimum absolute atomic E-state index is 0. The third kappa shape index (κ3) is 23.0. The highest BCUT2D eigenvalue weighted by atomic mass is 35.5. The van der Waals surface area contributed by atoms with Gasteiger partial charge >= 0.3 is 0 Å². The second kappa shape index (κ2) is 24.8. The lowest BCUT2D eigenvalue weighted by molar-refractivity contribution is -0.899. The molecule has 0 N–H and O–H groups in total. The second-order valence-corrected chi connectivity index (χ2v) is 9.79. The van der Waals surface area contributed by atoms with Crippen LogP contribution in [0.1, 0.15) is 142 Å². The van der Waals surface area contributed by atoms with Crippen molar-refractivity contribution in [1.82, 2.24) is 0 Å². The van der Waals surface area contributed by atoms with E-state index in [1.165, 1.54) is 142 Å². The average molecular weight is 453 g/mol. The number of halogens is 2. The number of nitrogens with zero attached hydrogens (tertiary/aromatic N) is 1. The SMILES string of the molecule is CCCCCCCCCCCC[N+](C)(CCl)CCCCCCCCCCCC.[Cl-]. The van der Waals surface area contributed by atoms with Crippen molar-refractivity contribution in [3.63, 3.8) is 0 Å². The first-order valence-electron chi connectivity index (χ1n) is 13.1.